The van der Waals surface area contributed by atoms with E-state index in [9.17, 15) is 9.59 Å². The fourth-order valence-corrected chi connectivity index (χ4v) is 2.87. The van der Waals surface area contributed by atoms with Crippen molar-refractivity contribution in [3.05, 3.63) is 106 Å². The fourth-order valence-electron chi connectivity index (χ4n) is 2.74. The van der Waals surface area contributed by atoms with Crippen LogP contribution in [0.15, 0.2) is 83.7 Å². The molecule has 1 amide bonds. The predicted molar refractivity (Wildman–Crippen MR) is 114 cm³/mol. The lowest BCUT2D eigenvalue weighted by atomic mass is 10.2. The number of halogens is 1. The molecule has 0 fully saturated rings. The summed E-state index contributed by atoms with van der Waals surface area (Å²) in [5, 5.41) is 7.44. The summed E-state index contributed by atoms with van der Waals surface area (Å²) in [5.74, 6) is 0.0632. The van der Waals surface area contributed by atoms with E-state index in [-0.39, 0.29) is 5.82 Å². The van der Waals surface area contributed by atoms with Crippen LogP contribution in [-0.2, 0) is 6.61 Å². The number of rotatable bonds is 6. The van der Waals surface area contributed by atoms with Crippen LogP contribution in [0.2, 0.25) is 5.02 Å². The number of carbonyl (C=O) groups is 1. The Kier molecular flexibility index (Phi) is 5.63. The number of anilines is 1. The van der Waals surface area contributed by atoms with Crippen molar-refractivity contribution in [1.82, 2.24) is 14.8 Å². The Morgan fingerprint density at radius 1 is 1.00 bits per heavy atom. The molecule has 2 N–H and O–H groups in total. The van der Waals surface area contributed by atoms with E-state index < -0.39 is 11.6 Å². The number of nitrogens with zero attached hydrogens (tertiary/aromatic N) is 2. The van der Waals surface area contributed by atoms with Crippen LogP contribution in [0.3, 0.4) is 0 Å². The highest BCUT2D eigenvalue weighted by molar-refractivity contribution is 6.30. The molecule has 30 heavy (non-hydrogen) atoms. The maximum atomic E-state index is 12.4. The van der Waals surface area contributed by atoms with Gasteiger partial charge in [0.15, 0.2) is 0 Å². The molecule has 8 heteroatoms. The number of aromatic nitrogens is 3. The summed E-state index contributed by atoms with van der Waals surface area (Å²) in [6, 6.07) is 23.2. The van der Waals surface area contributed by atoms with Crippen molar-refractivity contribution >= 4 is 23.2 Å². The highest BCUT2D eigenvalue weighted by Crippen LogP contribution is 2.18. The van der Waals surface area contributed by atoms with E-state index in [2.05, 4.69) is 15.4 Å². The number of hydrogen-bond donors (Lipinski definition) is 2. The molecule has 0 saturated heterocycles. The normalized spacial score (nSPS) is 10.6. The van der Waals surface area contributed by atoms with Gasteiger partial charge in [-0.05, 0) is 54.1 Å². The third-order valence-corrected chi connectivity index (χ3v) is 4.52. The van der Waals surface area contributed by atoms with Gasteiger partial charge in [0.1, 0.15) is 12.4 Å². The van der Waals surface area contributed by atoms with Crippen LogP contribution < -0.4 is 15.7 Å². The second-order valence-corrected chi connectivity index (χ2v) is 6.86. The minimum Gasteiger partial charge on any atom is -0.489 e. The number of nitrogens with one attached hydrogen (secondary N) is 2. The highest BCUT2D eigenvalue weighted by Gasteiger charge is 2.14. The van der Waals surface area contributed by atoms with Crippen molar-refractivity contribution in [2.24, 2.45) is 0 Å². The van der Waals surface area contributed by atoms with E-state index in [1.54, 1.807) is 48.5 Å². The molecule has 4 aromatic rings. The maximum Gasteiger partial charge on any atom is 0.348 e. The van der Waals surface area contributed by atoms with E-state index in [0.717, 1.165) is 10.2 Å². The highest BCUT2D eigenvalue weighted by atomic mass is 35.5. The summed E-state index contributed by atoms with van der Waals surface area (Å²) in [4.78, 5) is 27.0. The van der Waals surface area contributed by atoms with Crippen LogP contribution in [0.25, 0.3) is 5.69 Å². The summed E-state index contributed by atoms with van der Waals surface area (Å²) >= 11 is 5.87. The third kappa shape index (κ3) is 4.59. The van der Waals surface area contributed by atoms with Gasteiger partial charge >= 0.3 is 5.69 Å². The van der Waals surface area contributed by atoms with Gasteiger partial charge in [0, 0.05) is 10.7 Å². The van der Waals surface area contributed by atoms with E-state index in [0.29, 0.717) is 28.8 Å². The average molecular weight is 421 g/mol. The molecular formula is C22H17ClN4O3. The van der Waals surface area contributed by atoms with E-state index in [1.807, 2.05) is 30.3 Å². The molecule has 0 atom stereocenters. The summed E-state index contributed by atoms with van der Waals surface area (Å²) in [6.45, 7) is 0.404. The first-order chi connectivity index (χ1) is 14.6. The molecule has 0 unspecified atom stereocenters. The summed E-state index contributed by atoms with van der Waals surface area (Å²) < 4.78 is 6.87. The van der Waals surface area contributed by atoms with Crippen molar-refractivity contribution < 1.29 is 9.53 Å². The Balaban J connectivity index is 1.39. The SMILES string of the molecule is O=C(Nc1ccc(OCc2ccc(Cl)cc2)cc1)c1nn(-c2ccccc2)c(=O)[nH]1. The maximum absolute atomic E-state index is 12.4. The molecule has 0 spiro atoms. The quantitative estimate of drug-likeness (QED) is 0.492. The number of aromatic amines is 1. The predicted octanol–water partition coefficient (Wildman–Crippen LogP) is 4.05. The number of amides is 1. The zero-order valence-electron chi connectivity index (χ0n) is 15.7. The molecule has 0 bridgehead atoms. The van der Waals surface area contributed by atoms with Crippen LogP contribution in [-0.4, -0.2) is 20.7 Å². The second-order valence-electron chi connectivity index (χ2n) is 6.42. The Hall–Kier alpha value is -3.84. The molecule has 0 saturated carbocycles. The van der Waals surface area contributed by atoms with Gasteiger partial charge in [-0.2, -0.15) is 4.68 Å². The number of ether oxygens (including phenoxy) is 1. The molecule has 150 valence electrons. The molecule has 7 nitrogen and oxygen atoms in total. The number of para-hydroxylation sites is 1. The van der Waals surface area contributed by atoms with Gasteiger partial charge in [-0.15, -0.1) is 5.10 Å². The molecule has 0 aliphatic rings. The van der Waals surface area contributed by atoms with E-state index >= 15 is 0 Å². The lowest BCUT2D eigenvalue weighted by Crippen LogP contribution is -2.15. The first kappa shape index (κ1) is 19.5. The number of hydrogen-bond acceptors (Lipinski definition) is 4. The lowest BCUT2D eigenvalue weighted by molar-refractivity contribution is 0.101. The first-order valence-corrected chi connectivity index (χ1v) is 9.50. The molecule has 4 rings (SSSR count). The lowest BCUT2D eigenvalue weighted by Gasteiger charge is -2.08. The zero-order valence-corrected chi connectivity index (χ0v) is 16.5. The standard InChI is InChI=1S/C22H17ClN4O3/c23-16-8-6-15(7-9-16)14-30-19-12-10-17(11-13-19)24-21(28)20-25-22(29)27(26-20)18-4-2-1-3-5-18/h1-13H,14H2,(H,24,28)(H,25,26,29). The van der Waals surface area contributed by atoms with Gasteiger partial charge in [-0.25, -0.2) is 4.79 Å². The Labute approximate surface area is 176 Å². The van der Waals surface area contributed by atoms with E-state index in [4.69, 9.17) is 16.3 Å². The van der Waals surface area contributed by atoms with Gasteiger partial charge in [-0.3, -0.25) is 9.78 Å². The number of H-pyrrole nitrogens is 1. The van der Waals surface area contributed by atoms with Gasteiger partial charge in [0.05, 0.1) is 5.69 Å². The topological polar surface area (TPSA) is 89.0 Å². The summed E-state index contributed by atoms with van der Waals surface area (Å²) in [7, 11) is 0. The van der Waals surface area contributed by atoms with Crippen molar-refractivity contribution in [1.29, 1.82) is 0 Å². The van der Waals surface area contributed by atoms with Gasteiger partial charge in [-0.1, -0.05) is 41.9 Å². The number of carbonyl (C=O) groups excluding carboxylic acids is 1. The molecule has 0 aliphatic heterocycles. The van der Waals surface area contributed by atoms with Crippen LogP contribution in [0, 0.1) is 0 Å². The minimum absolute atomic E-state index is 0.0769. The van der Waals surface area contributed by atoms with Crippen molar-refractivity contribution in [2.45, 2.75) is 6.61 Å². The summed E-state index contributed by atoms with van der Waals surface area (Å²) in [5.41, 5.74) is 1.63. The minimum atomic E-state index is -0.517. The van der Waals surface area contributed by atoms with Crippen LogP contribution in [0.4, 0.5) is 5.69 Å². The first-order valence-electron chi connectivity index (χ1n) is 9.12. The second kappa shape index (κ2) is 8.67. The Morgan fingerprint density at radius 3 is 2.40 bits per heavy atom. The number of benzene rings is 3. The zero-order chi connectivity index (χ0) is 20.9. The molecule has 3 aromatic carbocycles. The molecular weight excluding hydrogens is 404 g/mol. The smallest absolute Gasteiger partial charge is 0.348 e. The van der Waals surface area contributed by atoms with Crippen molar-refractivity contribution in [3.8, 4) is 11.4 Å². The molecule has 0 radical (unpaired) electrons. The van der Waals surface area contributed by atoms with Crippen molar-refractivity contribution in [2.75, 3.05) is 5.32 Å². The Morgan fingerprint density at radius 2 is 1.70 bits per heavy atom. The van der Waals surface area contributed by atoms with Gasteiger partial charge < -0.3 is 10.1 Å². The van der Waals surface area contributed by atoms with Crippen LogP contribution >= 0.6 is 11.6 Å². The van der Waals surface area contributed by atoms with Crippen molar-refractivity contribution in [3.63, 3.8) is 0 Å². The van der Waals surface area contributed by atoms with Crippen LogP contribution in [0.5, 0.6) is 5.75 Å². The van der Waals surface area contributed by atoms with Gasteiger partial charge in [0.25, 0.3) is 5.91 Å². The monoisotopic (exact) mass is 420 g/mol. The largest absolute Gasteiger partial charge is 0.489 e. The Bertz CT molecular complexity index is 1200. The summed E-state index contributed by atoms with van der Waals surface area (Å²) in [6.07, 6.45) is 0. The average Bonchev–Trinajstić information content (AvgIpc) is 3.17. The van der Waals surface area contributed by atoms with Gasteiger partial charge in [0.2, 0.25) is 5.82 Å². The third-order valence-electron chi connectivity index (χ3n) is 4.26. The molecule has 1 aromatic heterocycles. The molecule has 1 heterocycles. The fraction of sp³-hybridized carbons (Fsp3) is 0.0455. The molecule has 0 aliphatic carbocycles. The van der Waals surface area contributed by atoms with Crippen LogP contribution in [0.1, 0.15) is 16.2 Å². The van der Waals surface area contributed by atoms with E-state index in [1.165, 1.54) is 0 Å².